The molecule has 7 nitrogen and oxygen atoms in total. The van der Waals surface area contributed by atoms with Crippen molar-refractivity contribution >= 4 is 5.97 Å². The van der Waals surface area contributed by atoms with Crippen molar-refractivity contribution in [1.82, 2.24) is 20.3 Å². The number of aromatic carboxylic acids is 1. The Bertz CT molecular complexity index is 718. The minimum Gasteiger partial charge on any atom is -0.478 e. The molecule has 0 atom stereocenters. The van der Waals surface area contributed by atoms with Crippen molar-refractivity contribution in [2.24, 2.45) is 0 Å². The summed E-state index contributed by atoms with van der Waals surface area (Å²) in [7, 11) is 0. The van der Waals surface area contributed by atoms with Crippen molar-refractivity contribution in [2.75, 3.05) is 0 Å². The van der Waals surface area contributed by atoms with Gasteiger partial charge in [-0.1, -0.05) is 17.3 Å². The standard InChI is InChI=1S/C12H8N4O3/c17-12(18)8-3-1-2-7(6-8)10-14-11(19-16-10)9-4-5-13-15-9/h1-6H,(H,13,15)(H,17,18). The lowest BCUT2D eigenvalue weighted by atomic mass is 10.1. The van der Waals surface area contributed by atoms with Crippen LogP contribution >= 0.6 is 0 Å². The van der Waals surface area contributed by atoms with Crippen molar-refractivity contribution < 1.29 is 14.4 Å². The van der Waals surface area contributed by atoms with E-state index in [0.717, 1.165) is 0 Å². The topological polar surface area (TPSA) is 105 Å². The fourth-order valence-corrected chi connectivity index (χ4v) is 1.62. The van der Waals surface area contributed by atoms with Crippen molar-refractivity contribution in [2.45, 2.75) is 0 Å². The van der Waals surface area contributed by atoms with Gasteiger partial charge in [-0.15, -0.1) is 0 Å². The number of nitrogens with one attached hydrogen (secondary N) is 1. The van der Waals surface area contributed by atoms with Crippen molar-refractivity contribution in [1.29, 1.82) is 0 Å². The van der Waals surface area contributed by atoms with Gasteiger partial charge in [0.05, 0.1) is 5.56 Å². The van der Waals surface area contributed by atoms with E-state index in [2.05, 4.69) is 20.3 Å². The predicted octanol–water partition coefficient (Wildman–Crippen LogP) is 1.82. The summed E-state index contributed by atoms with van der Waals surface area (Å²) in [4.78, 5) is 15.1. The van der Waals surface area contributed by atoms with E-state index in [-0.39, 0.29) is 5.56 Å². The minimum atomic E-state index is -1.00. The van der Waals surface area contributed by atoms with Crippen LogP contribution in [0.3, 0.4) is 0 Å². The molecule has 0 aliphatic heterocycles. The SMILES string of the molecule is O=C(O)c1cccc(-c2noc(-c3ccn[nH]3)n2)c1. The maximum atomic E-state index is 10.9. The van der Waals surface area contributed by atoms with E-state index in [1.165, 1.54) is 12.1 Å². The highest BCUT2D eigenvalue weighted by atomic mass is 16.5. The molecule has 0 amide bonds. The summed E-state index contributed by atoms with van der Waals surface area (Å²) in [5.74, 6) is -0.375. The van der Waals surface area contributed by atoms with E-state index in [1.807, 2.05) is 0 Å². The first-order chi connectivity index (χ1) is 9.24. The molecule has 0 saturated carbocycles. The molecule has 0 saturated heterocycles. The van der Waals surface area contributed by atoms with Crippen molar-refractivity contribution in [3.63, 3.8) is 0 Å². The number of nitrogens with zero attached hydrogens (tertiary/aromatic N) is 3. The van der Waals surface area contributed by atoms with Gasteiger partial charge in [0.25, 0.3) is 5.89 Å². The number of carboxylic acids is 1. The molecule has 0 bridgehead atoms. The summed E-state index contributed by atoms with van der Waals surface area (Å²) in [6.07, 6.45) is 1.57. The molecule has 2 aromatic heterocycles. The van der Waals surface area contributed by atoms with Gasteiger partial charge in [0, 0.05) is 11.8 Å². The monoisotopic (exact) mass is 256 g/mol. The van der Waals surface area contributed by atoms with Gasteiger partial charge < -0.3 is 9.63 Å². The summed E-state index contributed by atoms with van der Waals surface area (Å²) < 4.78 is 5.08. The van der Waals surface area contributed by atoms with Crippen LogP contribution in [0.15, 0.2) is 41.1 Å². The smallest absolute Gasteiger partial charge is 0.335 e. The van der Waals surface area contributed by atoms with E-state index in [9.17, 15) is 4.79 Å². The van der Waals surface area contributed by atoms with Crippen LogP contribution in [0, 0.1) is 0 Å². The number of aromatic nitrogens is 4. The maximum absolute atomic E-state index is 10.9. The molecular weight excluding hydrogens is 248 g/mol. The van der Waals surface area contributed by atoms with Crippen LogP contribution in [0.1, 0.15) is 10.4 Å². The van der Waals surface area contributed by atoms with Gasteiger partial charge in [0.15, 0.2) is 0 Å². The third-order valence-corrected chi connectivity index (χ3v) is 2.52. The Hall–Kier alpha value is -2.96. The molecule has 3 rings (SSSR count). The quantitative estimate of drug-likeness (QED) is 0.740. The second kappa shape index (κ2) is 4.37. The van der Waals surface area contributed by atoms with Gasteiger partial charge in [0.2, 0.25) is 5.82 Å². The molecule has 0 spiro atoms. The largest absolute Gasteiger partial charge is 0.478 e. The highest BCUT2D eigenvalue weighted by molar-refractivity contribution is 5.89. The zero-order chi connectivity index (χ0) is 13.2. The molecule has 0 unspecified atom stereocenters. The molecule has 0 aliphatic carbocycles. The maximum Gasteiger partial charge on any atom is 0.335 e. The Kier molecular flexibility index (Phi) is 2.57. The summed E-state index contributed by atoms with van der Waals surface area (Å²) >= 11 is 0. The summed E-state index contributed by atoms with van der Waals surface area (Å²) in [5, 5.41) is 19.2. The van der Waals surface area contributed by atoms with Gasteiger partial charge in [0.1, 0.15) is 5.69 Å². The molecule has 0 radical (unpaired) electrons. The zero-order valence-corrected chi connectivity index (χ0v) is 9.57. The molecule has 3 aromatic rings. The number of benzene rings is 1. The van der Waals surface area contributed by atoms with Crippen LogP contribution in [0.2, 0.25) is 0 Å². The van der Waals surface area contributed by atoms with Crippen LogP contribution in [0.25, 0.3) is 23.0 Å². The predicted molar refractivity (Wildman–Crippen MR) is 64.3 cm³/mol. The molecule has 2 heterocycles. The van der Waals surface area contributed by atoms with Crippen LogP contribution in [-0.2, 0) is 0 Å². The van der Waals surface area contributed by atoms with E-state index in [0.29, 0.717) is 23.0 Å². The Labute approximate surface area is 106 Å². The fraction of sp³-hybridized carbons (Fsp3) is 0. The molecule has 1 aromatic carbocycles. The van der Waals surface area contributed by atoms with Gasteiger partial charge in [-0.2, -0.15) is 10.1 Å². The van der Waals surface area contributed by atoms with E-state index < -0.39 is 5.97 Å². The average Bonchev–Trinajstić information content (AvgIpc) is 3.09. The lowest BCUT2D eigenvalue weighted by Gasteiger charge is -1.96. The van der Waals surface area contributed by atoms with Gasteiger partial charge in [-0.3, -0.25) is 5.10 Å². The first kappa shape index (κ1) is 11.1. The van der Waals surface area contributed by atoms with Crippen molar-refractivity contribution in [3.8, 4) is 23.0 Å². The van der Waals surface area contributed by atoms with Gasteiger partial charge >= 0.3 is 5.97 Å². The number of rotatable bonds is 3. The van der Waals surface area contributed by atoms with Gasteiger partial charge in [-0.05, 0) is 18.2 Å². The van der Waals surface area contributed by atoms with Crippen LogP contribution in [0.5, 0.6) is 0 Å². The van der Waals surface area contributed by atoms with Crippen LogP contribution in [0.4, 0.5) is 0 Å². The number of hydrogen-bond acceptors (Lipinski definition) is 5. The lowest BCUT2D eigenvalue weighted by molar-refractivity contribution is 0.0697. The molecule has 94 valence electrons. The molecule has 19 heavy (non-hydrogen) atoms. The summed E-state index contributed by atoms with van der Waals surface area (Å²) in [6, 6.07) is 8.04. The number of aromatic amines is 1. The third kappa shape index (κ3) is 2.08. The molecule has 0 fully saturated rings. The highest BCUT2D eigenvalue weighted by Crippen LogP contribution is 2.21. The number of carboxylic acid groups (broad SMARTS) is 1. The summed E-state index contributed by atoms with van der Waals surface area (Å²) in [6.45, 7) is 0. The average molecular weight is 256 g/mol. The number of hydrogen-bond donors (Lipinski definition) is 2. The normalized spacial score (nSPS) is 10.5. The highest BCUT2D eigenvalue weighted by Gasteiger charge is 2.12. The Balaban J connectivity index is 1.99. The van der Waals surface area contributed by atoms with Gasteiger partial charge in [-0.25, -0.2) is 4.79 Å². The Morgan fingerprint density at radius 3 is 2.95 bits per heavy atom. The minimum absolute atomic E-state index is 0.172. The summed E-state index contributed by atoms with van der Waals surface area (Å²) in [5.41, 5.74) is 1.35. The van der Waals surface area contributed by atoms with E-state index in [1.54, 1.807) is 24.4 Å². The first-order valence-corrected chi connectivity index (χ1v) is 5.41. The lowest BCUT2D eigenvalue weighted by Crippen LogP contribution is -1.96. The second-order valence-electron chi connectivity index (χ2n) is 3.78. The third-order valence-electron chi connectivity index (χ3n) is 2.52. The van der Waals surface area contributed by atoms with Crippen LogP contribution in [-0.4, -0.2) is 31.4 Å². The Morgan fingerprint density at radius 2 is 2.21 bits per heavy atom. The zero-order valence-electron chi connectivity index (χ0n) is 9.57. The number of H-pyrrole nitrogens is 1. The first-order valence-electron chi connectivity index (χ1n) is 5.41. The molecule has 2 N–H and O–H groups in total. The molecular formula is C12H8N4O3. The van der Waals surface area contributed by atoms with Crippen LogP contribution < -0.4 is 0 Å². The fourth-order valence-electron chi connectivity index (χ4n) is 1.62. The number of carbonyl (C=O) groups is 1. The second-order valence-corrected chi connectivity index (χ2v) is 3.78. The van der Waals surface area contributed by atoms with E-state index >= 15 is 0 Å². The Morgan fingerprint density at radius 1 is 1.32 bits per heavy atom. The van der Waals surface area contributed by atoms with E-state index in [4.69, 9.17) is 9.63 Å². The molecule has 0 aliphatic rings. The molecule has 7 heteroatoms. The van der Waals surface area contributed by atoms with Crippen molar-refractivity contribution in [3.05, 3.63) is 42.1 Å².